The Bertz CT molecular complexity index is 386. The molecular formula is C15H28N4O2. The molecule has 2 aliphatic heterocycles. The molecule has 2 rings (SSSR count). The van der Waals surface area contributed by atoms with Crippen LogP contribution in [0.25, 0.3) is 0 Å². The van der Waals surface area contributed by atoms with Crippen molar-refractivity contribution in [1.82, 2.24) is 20.0 Å². The van der Waals surface area contributed by atoms with Gasteiger partial charge in [0.1, 0.15) is 0 Å². The van der Waals surface area contributed by atoms with Crippen LogP contribution in [0.4, 0.5) is 0 Å². The number of amides is 2. The quantitative estimate of drug-likeness (QED) is 0.760. The first kappa shape index (κ1) is 16.2. The Morgan fingerprint density at radius 1 is 1.14 bits per heavy atom. The van der Waals surface area contributed by atoms with Crippen LogP contribution >= 0.6 is 0 Å². The predicted octanol–water partition coefficient (Wildman–Crippen LogP) is -0.536. The van der Waals surface area contributed by atoms with E-state index in [1.54, 1.807) is 19.0 Å². The lowest BCUT2D eigenvalue weighted by Crippen LogP contribution is -2.42. The van der Waals surface area contributed by atoms with Crippen LogP contribution in [0.2, 0.25) is 0 Å². The molecule has 0 aromatic heterocycles. The third-order valence-electron chi connectivity index (χ3n) is 4.59. The highest BCUT2D eigenvalue weighted by molar-refractivity contribution is 5.80. The van der Waals surface area contributed by atoms with Gasteiger partial charge >= 0.3 is 0 Å². The van der Waals surface area contributed by atoms with Crippen LogP contribution in [0.15, 0.2) is 0 Å². The van der Waals surface area contributed by atoms with Gasteiger partial charge in [-0.15, -0.1) is 0 Å². The van der Waals surface area contributed by atoms with Gasteiger partial charge in [-0.1, -0.05) is 6.92 Å². The lowest BCUT2D eigenvalue weighted by Gasteiger charge is -2.26. The van der Waals surface area contributed by atoms with Crippen molar-refractivity contribution in [3.8, 4) is 0 Å². The molecule has 0 aliphatic carbocycles. The topological polar surface area (TPSA) is 55.9 Å². The maximum Gasteiger partial charge on any atom is 0.236 e. The number of hydrogen-bond acceptors (Lipinski definition) is 4. The van der Waals surface area contributed by atoms with Crippen LogP contribution in [-0.4, -0.2) is 86.4 Å². The van der Waals surface area contributed by atoms with Crippen molar-refractivity contribution in [2.45, 2.75) is 13.3 Å². The van der Waals surface area contributed by atoms with Crippen molar-refractivity contribution >= 4 is 11.8 Å². The molecule has 2 atom stereocenters. The molecule has 0 saturated carbocycles. The summed E-state index contributed by atoms with van der Waals surface area (Å²) < 4.78 is 0. The smallest absolute Gasteiger partial charge is 0.236 e. The van der Waals surface area contributed by atoms with Gasteiger partial charge in [0.25, 0.3) is 0 Å². The zero-order valence-electron chi connectivity index (χ0n) is 13.5. The number of rotatable bonds is 3. The van der Waals surface area contributed by atoms with Gasteiger partial charge in [0, 0.05) is 46.8 Å². The van der Waals surface area contributed by atoms with Crippen molar-refractivity contribution in [1.29, 1.82) is 0 Å². The molecule has 120 valence electrons. The first-order valence-corrected chi connectivity index (χ1v) is 7.91. The molecular weight excluding hydrogens is 268 g/mol. The van der Waals surface area contributed by atoms with Gasteiger partial charge in [-0.3, -0.25) is 14.5 Å². The third kappa shape index (κ3) is 4.17. The van der Waals surface area contributed by atoms with Gasteiger partial charge in [0.15, 0.2) is 0 Å². The lowest BCUT2D eigenvalue weighted by molar-refractivity contribution is -0.135. The number of likely N-dealkylation sites (N-methyl/N-ethyl adjacent to an activating group) is 1. The molecule has 2 aliphatic rings. The van der Waals surface area contributed by atoms with Crippen molar-refractivity contribution in [2.75, 3.05) is 59.9 Å². The van der Waals surface area contributed by atoms with Gasteiger partial charge < -0.3 is 15.1 Å². The molecule has 0 radical (unpaired) electrons. The van der Waals surface area contributed by atoms with Gasteiger partial charge in [0.2, 0.25) is 11.8 Å². The number of nitrogens with zero attached hydrogens (tertiary/aromatic N) is 3. The summed E-state index contributed by atoms with van der Waals surface area (Å²) in [5, 5.41) is 3.30. The zero-order chi connectivity index (χ0) is 15.4. The Morgan fingerprint density at radius 3 is 2.52 bits per heavy atom. The van der Waals surface area contributed by atoms with E-state index in [-0.39, 0.29) is 17.7 Å². The summed E-state index contributed by atoms with van der Waals surface area (Å²) >= 11 is 0. The molecule has 6 heteroatoms. The Kier molecular flexibility index (Phi) is 5.58. The summed E-state index contributed by atoms with van der Waals surface area (Å²) in [6, 6.07) is 0. The second-order valence-electron chi connectivity index (χ2n) is 6.49. The summed E-state index contributed by atoms with van der Waals surface area (Å²) in [6.07, 6.45) is 0.945. The van der Waals surface area contributed by atoms with E-state index < -0.39 is 0 Å². The van der Waals surface area contributed by atoms with E-state index in [4.69, 9.17) is 0 Å². The summed E-state index contributed by atoms with van der Waals surface area (Å²) in [6.45, 7) is 7.57. The van der Waals surface area contributed by atoms with E-state index >= 15 is 0 Å². The van der Waals surface area contributed by atoms with E-state index in [1.165, 1.54) is 0 Å². The van der Waals surface area contributed by atoms with Gasteiger partial charge in [-0.05, 0) is 18.9 Å². The lowest BCUT2D eigenvalue weighted by atomic mass is 9.96. The highest BCUT2D eigenvalue weighted by Crippen LogP contribution is 2.19. The van der Waals surface area contributed by atoms with Gasteiger partial charge in [-0.25, -0.2) is 0 Å². The minimum atomic E-state index is 0.125. The molecule has 0 aromatic carbocycles. The Labute approximate surface area is 127 Å². The molecule has 2 saturated heterocycles. The van der Waals surface area contributed by atoms with Crippen molar-refractivity contribution in [3.05, 3.63) is 0 Å². The van der Waals surface area contributed by atoms with Gasteiger partial charge in [0.05, 0.1) is 12.5 Å². The average molecular weight is 296 g/mol. The molecule has 0 bridgehead atoms. The summed E-state index contributed by atoms with van der Waals surface area (Å²) in [7, 11) is 3.56. The van der Waals surface area contributed by atoms with E-state index in [1.807, 2.05) is 4.90 Å². The fourth-order valence-electron chi connectivity index (χ4n) is 3.06. The normalized spacial score (nSPS) is 27.5. The maximum absolute atomic E-state index is 12.6. The fraction of sp³-hybridized carbons (Fsp3) is 0.867. The first-order valence-electron chi connectivity index (χ1n) is 7.91. The van der Waals surface area contributed by atoms with Crippen molar-refractivity contribution in [3.63, 3.8) is 0 Å². The summed E-state index contributed by atoms with van der Waals surface area (Å²) in [5.41, 5.74) is 0. The van der Waals surface area contributed by atoms with Crippen LogP contribution in [0.3, 0.4) is 0 Å². The molecule has 21 heavy (non-hydrogen) atoms. The van der Waals surface area contributed by atoms with Crippen LogP contribution in [-0.2, 0) is 9.59 Å². The van der Waals surface area contributed by atoms with Crippen LogP contribution in [0.1, 0.15) is 13.3 Å². The molecule has 6 nitrogen and oxygen atoms in total. The van der Waals surface area contributed by atoms with Crippen LogP contribution in [0, 0.1) is 11.8 Å². The average Bonchev–Trinajstić information content (AvgIpc) is 2.73. The number of nitrogens with one attached hydrogen (secondary N) is 1. The molecule has 2 fully saturated rings. The minimum Gasteiger partial charge on any atom is -0.348 e. The van der Waals surface area contributed by atoms with E-state index in [0.717, 1.165) is 45.7 Å². The Hall–Kier alpha value is -1.14. The molecule has 0 spiro atoms. The second kappa shape index (κ2) is 7.22. The monoisotopic (exact) mass is 296 g/mol. The zero-order valence-corrected chi connectivity index (χ0v) is 13.5. The molecule has 2 amide bonds. The van der Waals surface area contributed by atoms with E-state index in [9.17, 15) is 9.59 Å². The Morgan fingerprint density at radius 2 is 1.90 bits per heavy atom. The standard InChI is InChI=1S/C15H28N4O2/c1-12-9-16-10-13(12)15(21)19-6-4-5-18(7-8-19)11-14(20)17(2)3/h12-13,16H,4-11H2,1-3H3. The predicted molar refractivity (Wildman–Crippen MR) is 81.9 cm³/mol. The highest BCUT2D eigenvalue weighted by Gasteiger charge is 2.33. The molecule has 2 heterocycles. The van der Waals surface area contributed by atoms with Crippen LogP contribution in [0.5, 0.6) is 0 Å². The summed E-state index contributed by atoms with van der Waals surface area (Å²) in [5.74, 6) is 0.962. The third-order valence-corrected chi connectivity index (χ3v) is 4.59. The van der Waals surface area contributed by atoms with E-state index in [0.29, 0.717) is 12.5 Å². The molecule has 2 unspecified atom stereocenters. The van der Waals surface area contributed by atoms with Crippen molar-refractivity contribution < 1.29 is 9.59 Å². The molecule has 1 N–H and O–H groups in total. The SMILES string of the molecule is CC1CNCC1C(=O)N1CCCN(CC(=O)N(C)C)CC1. The largest absolute Gasteiger partial charge is 0.348 e. The summed E-state index contributed by atoms with van der Waals surface area (Å²) in [4.78, 5) is 30.2. The minimum absolute atomic E-state index is 0.125. The number of hydrogen-bond donors (Lipinski definition) is 1. The van der Waals surface area contributed by atoms with Crippen molar-refractivity contribution in [2.24, 2.45) is 11.8 Å². The maximum atomic E-state index is 12.6. The van der Waals surface area contributed by atoms with E-state index in [2.05, 4.69) is 17.1 Å². The Balaban J connectivity index is 1.85. The first-order chi connectivity index (χ1) is 9.99. The van der Waals surface area contributed by atoms with Crippen LogP contribution < -0.4 is 5.32 Å². The highest BCUT2D eigenvalue weighted by atomic mass is 16.2. The number of carbonyl (C=O) groups excluding carboxylic acids is 2. The van der Waals surface area contributed by atoms with Gasteiger partial charge in [-0.2, -0.15) is 0 Å². The second-order valence-corrected chi connectivity index (χ2v) is 6.49. The fourth-order valence-corrected chi connectivity index (χ4v) is 3.06. The number of carbonyl (C=O) groups is 2. The molecule has 0 aromatic rings.